The summed E-state index contributed by atoms with van der Waals surface area (Å²) in [4.78, 5) is 0. The van der Waals surface area contributed by atoms with Crippen LogP contribution in [-0.4, -0.2) is 45.2 Å². The Morgan fingerprint density at radius 2 is 1.78 bits per heavy atom. The van der Waals surface area contributed by atoms with Gasteiger partial charge < -0.3 is 0 Å². The predicted molar refractivity (Wildman–Crippen MR) is 121 cm³/mol. The fourth-order valence-corrected chi connectivity index (χ4v) is 10.4. The molecule has 0 aromatic carbocycles. The van der Waals surface area contributed by atoms with Gasteiger partial charge in [0.05, 0.1) is 8.16 Å². The molecule has 1 aliphatic heterocycles. The van der Waals surface area contributed by atoms with E-state index in [1.54, 1.807) is 11.1 Å². The smallest absolute Gasteiger partial charge is 0.0849 e. The zero-order valence-corrected chi connectivity index (χ0v) is 19.1. The van der Waals surface area contributed by atoms with E-state index in [4.69, 9.17) is 0 Å². The molecular weight excluding hydrogens is 377 g/mol. The lowest BCUT2D eigenvalue weighted by Gasteiger charge is -2.50. The molecule has 1 atom stereocenters. The van der Waals surface area contributed by atoms with Gasteiger partial charge in [-0.15, -0.1) is 47.0 Å². The van der Waals surface area contributed by atoms with Crippen molar-refractivity contribution in [1.82, 2.24) is 0 Å². The van der Waals surface area contributed by atoms with Crippen molar-refractivity contribution in [3.8, 4) is 11.2 Å². The van der Waals surface area contributed by atoms with E-state index in [2.05, 4.69) is 60.9 Å². The van der Waals surface area contributed by atoms with Gasteiger partial charge in [0.15, 0.2) is 0 Å². The van der Waals surface area contributed by atoms with E-state index in [1.165, 1.54) is 18.6 Å². The molecule has 130 valence electrons. The average Bonchev–Trinajstić information content (AvgIpc) is 2.59. The Hall–Kier alpha value is 0.790. The third kappa shape index (κ3) is 3.97. The number of rotatable bonds is 4. The van der Waals surface area contributed by atoms with Crippen molar-refractivity contribution in [2.24, 2.45) is 0 Å². The lowest BCUT2D eigenvalue weighted by molar-refractivity contribution is 0.648. The predicted octanol–water partition coefficient (Wildman–Crippen LogP) is 6.25. The molecule has 0 radical (unpaired) electrons. The lowest BCUT2D eigenvalue weighted by Crippen LogP contribution is -2.41. The Kier molecular flexibility index (Phi) is 6.99. The van der Waals surface area contributed by atoms with Gasteiger partial charge in [-0.1, -0.05) is 24.2 Å². The van der Waals surface area contributed by atoms with Crippen molar-refractivity contribution in [3.63, 3.8) is 0 Å². The lowest BCUT2D eigenvalue weighted by atomic mass is 9.90. The first-order chi connectivity index (χ1) is 10.9. The standard InChI is InChI=1S/C18H28S5/c1-7-8-10-23(6)11-9-15-12-17(19-2,20-3)14-18(21-4,22-5)16(15)13-23/h9,11H,7,12-14H2,1-6H3. The molecule has 0 saturated heterocycles. The quantitative estimate of drug-likeness (QED) is 0.401. The molecule has 0 aromatic rings. The molecule has 0 N–H and O–H groups in total. The van der Waals surface area contributed by atoms with E-state index in [-0.39, 0.29) is 4.08 Å². The molecule has 0 saturated carbocycles. The van der Waals surface area contributed by atoms with Gasteiger partial charge in [-0.05, 0) is 60.7 Å². The molecule has 0 nitrogen and oxygen atoms in total. The highest BCUT2D eigenvalue weighted by molar-refractivity contribution is 8.39. The number of hydrogen-bond acceptors (Lipinski definition) is 4. The normalized spacial score (nSPS) is 30.9. The summed E-state index contributed by atoms with van der Waals surface area (Å²) in [5, 5.41) is 6.04. The van der Waals surface area contributed by atoms with Gasteiger partial charge in [0.25, 0.3) is 0 Å². The largest absolute Gasteiger partial charge is 0.156 e. The van der Waals surface area contributed by atoms with E-state index in [1.807, 2.05) is 47.0 Å². The highest BCUT2D eigenvalue weighted by Crippen LogP contribution is 2.64. The number of allylic oxidation sites excluding steroid dienone is 2. The second kappa shape index (κ2) is 7.99. The Morgan fingerprint density at radius 1 is 1.13 bits per heavy atom. The van der Waals surface area contributed by atoms with Gasteiger partial charge in [0, 0.05) is 12.2 Å². The van der Waals surface area contributed by atoms with Gasteiger partial charge in [-0.25, -0.2) is 0 Å². The van der Waals surface area contributed by atoms with Crippen molar-refractivity contribution in [2.75, 3.05) is 37.0 Å². The highest BCUT2D eigenvalue weighted by atomic mass is 32.3. The summed E-state index contributed by atoms with van der Waals surface area (Å²) in [6.07, 6.45) is 17.4. The summed E-state index contributed by atoms with van der Waals surface area (Å²) in [6, 6.07) is 0. The Bertz CT molecular complexity index is 558. The van der Waals surface area contributed by atoms with Crippen LogP contribution in [0.2, 0.25) is 0 Å². The van der Waals surface area contributed by atoms with Crippen molar-refractivity contribution in [1.29, 1.82) is 0 Å². The number of hydrogen-bond donors (Lipinski definition) is 0. The summed E-state index contributed by atoms with van der Waals surface area (Å²) in [7, 11) is -0.955. The van der Waals surface area contributed by atoms with E-state index < -0.39 is 10.0 Å². The second-order valence-electron chi connectivity index (χ2n) is 6.07. The first-order valence-electron chi connectivity index (χ1n) is 7.79. The Morgan fingerprint density at radius 3 is 2.30 bits per heavy atom. The van der Waals surface area contributed by atoms with Gasteiger partial charge in [-0.3, -0.25) is 0 Å². The van der Waals surface area contributed by atoms with Crippen LogP contribution < -0.4 is 0 Å². The topological polar surface area (TPSA) is 0 Å². The molecule has 0 fully saturated rings. The van der Waals surface area contributed by atoms with Crippen LogP contribution in [0, 0.1) is 11.2 Å². The minimum atomic E-state index is -0.955. The van der Waals surface area contributed by atoms with Crippen LogP contribution >= 0.6 is 57.1 Å². The molecule has 0 amide bonds. The molecule has 23 heavy (non-hydrogen) atoms. The molecule has 1 unspecified atom stereocenters. The molecule has 1 aliphatic carbocycles. The van der Waals surface area contributed by atoms with E-state index in [0.29, 0.717) is 4.08 Å². The Labute approximate surface area is 161 Å². The van der Waals surface area contributed by atoms with Crippen LogP contribution in [-0.2, 0) is 0 Å². The molecule has 1 heterocycles. The summed E-state index contributed by atoms with van der Waals surface area (Å²) in [5.41, 5.74) is 3.27. The minimum absolute atomic E-state index is 0.215. The van der Waals surface area contributed by atoms with E-state index in [0.717, 1.165) is 6.42 Å². The average molecular weight is 405 g/mol. The molecule has 5 heteroatoms. The van der Waals surface area contributed by atoms with Crippen molar-refractivity contribution >= 4 is 57.1 Å². The maximum Gasteiger partial charge on any atom is 0.0849 e. The SMILES string of the molecule is CCC#CS1(C)C=CC2=C(C1)C(SC)(SC)CC(SC)(SC)C2. The van der Waals surface area contributed by atoms with Gasteiger partial charge in [0.1, 0.15) is 0 Å². The number of thioether (sulfide) groups is 4. The summed E-state index contributed by atoms with van der Waals surface area (Å²) < 4.78 is 0.528. The van der Waals surface area contributed by atoms with Gasteiger partial charge in [0.2, 0.25) is 0 Å². The molecular formula is C18H28S5. The molecule has 0 aromatic heterocycles. The van der Waals surface area contributed by atoms with Crippen LogP contribution in [0.1, 0.15) is 26.2 Å². The molecule has 0 bridgehead atoms. The maximum atomic E-state index is 3.60. The molecule has 2 aliphatic rings. The first-order valence-corrected chi connectivity index (χ1v) is 15.0. The Balaban J connectivity index is 2.48. The van der Waals surface area contributed by atoms with E-state index >= 15 is 0 Å². The monoisotopic (exact) mass is 404 g/mol. The van der Waals surface area contributed by atoms with Gasteiger partial charge in [-0.2, -0.15) is 10.0 Å². The van der Waals surface area contributed by atoms with E-state index in [9.17, 15) is 0 Å². The highest BCUT2D eigenvalue weighted by Gasteiger charge is 2.49. The van der Waals surface area contributed by atoms with Crippen LogP contribution in [0.15, 0.2) is 22.6 Å². The van der Waals surface area contributed by atoms with Crippen molar-refractivity contribution in [3.05, 3.63) is 22.6 Å². The van der Waals surface area contributed by atoms with Crippen LogP contribution in [0.5, 0.6) is 0 Å². The zero-order valence-electron chi connectivity index (χ0n) is 15.0. The van der Waals surface area contributed by atoms with Crippen LogP contribution in [0.4, 0.5) is 0 Å². The zero-order chi connectivity index (χ0) is 17.1. The third-order valence-electron chi connectivity index (χ3n) is 4.71. The first kappa shape index (κ1) is 20.1. The van der Waals surface area contributed by atoms with Crippen molar-refractivity contribution < 1.29 is 0 Å². The third-order valence-corrected chi connectivity index (χ3v) is 13.1. The second-order valence-corrected chi connectivity index (χ2v) is 14.3. The van der Waals surface area contributed by atoms with Crippen molar-refractivity contribution in [2.45, 2.75) is 34.3 Å². The summed E-state index contributed by atoms with van der Waals surface area (Å²) in [5.74, 6) is 4.52. The maximum absolute atomic E-state index is 3.60. The van der Waals surface area contributed by atoms with Gasteiger partial charge >= 0.3 is 0 Å². The molecule has 2 rings (SSSR count). The van der Waals surface area contributed by atoms with Crippen LogP contribution in [0.3, 0.4) is 0 Å². The minimum Gasteiger partial charge on any atom is -0.156 e. The van der Waals surface area contributed by atoms with Crippen LogP contribution in [0.25, 0.3) is 0 Å². The summed E-state index contributed by atoms with van der Waals surface area (Å²) >= 11 is 8.18. The molecule has 0 spiro atoms. The summed E-state index contributed by atoms with van der Waals surface area (Å²) in [6.45, 7) is 2.15. The fourth-order valence-electron chi connectivity index (χ4n) is 3.26. The fraction of sp³-hybridized carbons (Fsp3) is 0.667.